The number of nitrogens with zero attached hydrogens (tertiary/aromatic N) is 2. The number of hydrazone groups is 1. The number of ether oxygens (including phenoxy) is 3. The van der Waals surface area contributed by atoms with Gasteiger partial charge >= 0.3 is 0 Å². The summed E-state index contributed by atoms with van der Waals surface area (Å²) in [6.07, 6.45) is 0.549. The van der Waals surface area contributed by atoms with E-state index in [0.29, 0.717) is 6.61 Å². The molecule has 0 N–H and O–H groups in total. The van der Waals surface area contributed by atoms with Gasteiger partial charge in [-0.1, -0.05) is 12.1 Å². The van der Waals surface area contributed by atoms with Crippen molar-refractivity contribution in [3.8, 4) is 17.2 Å². The van der Waals surface area contributed by atoms with Gasteiger partial charge in [-0.05, 0) is 59.6 Å². The third kappa shape index (κ3) is 3.13. The quantitative estimate of drug-likeness (QED) is 0.569. The van der Waals surface area contributed by atoms with Crippen LogP contribution in [0, 0.1) is 0 Å². The lowest BCUT2D eigenvalue weighted by Gasteiger charge is -2.38. The molecule has 6 heteroatoms. The third-order valence-corrected chi connectivity index (χ3v) is 6.03. The predicted octanol–water partition coefficient (Wildman–Crippen LogP) is 5.40. The van der Waals surface area contributed by atoms with Crippen molar-refractivity contribution in [1.82, 2.24) is 5.01 Å². The zero-order valence-electron chi connectivity index (χ0n) is 16.4. The molecule has 2 aliphatic rings. The monoisotopic (exact) mass is 406 g/mol. The number of methoxy groups -OCH3 is 1. The summed E-state index contributed by atoms with van der Waals surface area (Å²) in [5.41, 5.74) is 4.38. The Morgan fingerprint density at radius 2 is 2.03 bits per heavy atom. The zero-order chi connectivity index (χ0) is 19.8. The number of rotatable bonds is 5. The Morgan fingerprint density at radius 3 is 2.76 bits per heavy atom. The van der Waals surface area contributed by atoms with E-state index < -0.39 is 0 Å². The smallest absolute Gasteiger partial charge is 0.214 e. The molecule has 0 bridgehead atoms. The van der Waals surface area contributed by atoms with Crippen molar-refractivity contribution in [2.75, 3.05) is 13.7 Å². The Balaban J connectivity index is 1.54. The molecule has 5 nitrogen and oxygen atoms in total. The molecule has 0 saturated carbocycles. The first kappa shape index (κ1) is 18.1. The Hall–Kier alpha value is -2.99. The van der Waals surface area contributed by atoms with Gasteiger partial charge in [0.15, 0.2) is 11.5 Å². The molecule has 2 aromatic carbocycles. The van der Waals surface area contributed by atoms with E-state index in [0.717, 1.165) is 46.1 Å². The van der Waals surface area contributed by atoms with Crippen molar-refractivity contribution >= 4 is 17.0 Å². The molecule has 2 aliphatic heterocycles. The Kier molecular flexibility index (Phi) is 4.64. The van der Waals surface area contributed by atoms with Crippen LogP contribution in [0.15, 0.2) is 64.4 Å². The van der Waals surface area contributed by atoms with Crippen LogP contribution in [0.3, 0.4) is 0 Å². The molecule has 1 aromatic heterocycles. The summed E-state index contributed by atoms with van der Waals surface area (Å²) in [7, 11) is 1.68. The van der Waals surface area contributed by atoms with Gasteiger partial charge in [-0.25, -0.2) is 5.01 Å². The Morgan fingerprint density at radius 1 is 1.17 bits per heavy atom. The summed E-state index contributed by atoms with van der Waals surface area (Å²) in [6, 6.07) is 16.4. The lowest BCUT2D eigenvalue weighted by molar-refractivity contribution is -0.0206. The van der Waals surface area contributed by atoms with Gasteiger partial charge in [-0.15, -0.1) is 0 Å². The van der Waals surface area contributed by atoms with Gasteiger partial charge in [-0.2, -0.15) is 16.4 Å². The van der Waals surface area contributed by atoms with E-state index in [2.05, 4.69) is 40.0 Å². The van der Waals surface area contributed by atoms with E-state index in [9.17, 15) is 0 Å². The number of thiophene rings is 1. The van der Waals surface area contributed by atoms with Gasteiger partial charge in [0.05, 0.1) is 25.5 Å². The SMILES string of the molecule is CCOc1ccc(C2=NN3[C@@H](C2)c2cccc(OC)c2O[C@H]3c2ccsc2)cc1. The molecule has 0 fully saturated rings. The lowest BCUT2D eigenvalue weighted by Crippen LogP contribution is -2.33. The second kappa shape index (κ2) is 7.44. The highest BCUT2D eigenvalue weighted by Gasteiger charge is 2.42. The Labute approximate surface area is 174 Å². The molecular weight excluding hydrogens is 384 g/mol. The molecule has 0 spiro atoms. The summed E-state index contributed by atoms with van der Waals surface area (Å²) < 4.78 is 17.6. The van der Waals surface area contributed by atoms with E-state index in [-0.39, 0.29) is 12.3 Å². The average Bonchev–Trinajstić information content (AvgIpc) is 3.44. The lowest BCUT2D eigenvalue weighted by atomic mass is 9.96. The molecule has 0 unspecified atom stereocenters. The predicted molar refractivity (Wildman–Crippen MR) is 114 cm³/mol. The van der Waals surface area contributed by atoms with Crippen molar-refractivity contribution in [2.45, 2.75) is 25.6 Å². The van der Waals surface area contributed by atoms with E-state index in [1.165, 1.54) is 0 Å². The summed E-state index contributed by atoms with van der Waals surface area (Å²) >= 11 is 1.66. The van der Waals surface area contributed by atoms with Gasteiger partial charge in [0.2, 0.25) is 6.23 Å². The molecule has 0 saturated heterocycles. The molecule has 0 aliphatic carbocycles. The number of hydrogen-bond donors (Lipinski definition) is 0. The summed E-state index contributed by atoms with van der Waals surface area (Å²) in [5.74, 6) is 2.45. The maximum absolute atomic E-state index is 6.43. The average molecular weight is 407 g/mol. The van der Waals surface area contributed by atoms with Gasteiger partial charge in [-0.3, -0.25) is 0 Å². The zero-order valence-corrected chi connectivity index (χ0v) is 17.2. The normalized spacial score (nSPS) is 19.8. The third-order valence-electron chi connectivity index (χ3n) is 5.33. The number of hydrogen-bond acceptors (Lipinski definition) is 6. The van der Waals surface area contributed by atoms with E-state index in [1.54, 1.807) is 18.4 Å². The minimum atomic E-state index is -0.268. The molecule has 3 heterocycles. The highest BCUT2D eigenvalue weighted by Crippen LogP contribution is 2.50. The van der Waals surface area contributed by atoms with Gasteiger partial charge in [0.1, 0.15) is 5.75 Å². The fourth-order valence-corrected chi connectivity index (χ4v) is 4.63. The van der Waals surface area contributed by atoms with Crippen LogP contribution in [-0.4, -0.2) is 24.4 Å². The van der Waals surface area contributed by atoms with E-state index in [1.807, 2.05) is 31.2 Å². The first-order chi connectivity index (χ1) is 14.3. The largest absolute Gasteiger partial charge is 0.494 e. The van der Waals surface area contributed by atoms with Crippen molar-refractivity contribution < 1.29 is 14.2 Å². The van der Waals surface area contributed by atoms with Crippen LogP contribution in [-0.2, 0) is 0 Å². The molecule has 2 atom stereocenters. The van der Waals surface area contributed by atoms with Crippen LogP contribution in [0.1, 0.15) is 42.3 Å². The number of para-hydroxylation sites is 1. The Bertz CT molecular complexity index is 1030. The number of benzene rings is 2. The van der Waals surface area contributed by atoms with Crippen LogP contribution in [0.4, 0.5) is 0 Å². The van der Waals surface area contributed by atoms with Crippen LogP contribution in [0.5, 0.6) is 17.2 Å². The molecule has 5 rings (SSSR count). The van der Waals surface area contributed by atoms with E-state index >= 15 is 0 Å². The molecule has 29 heavy (non-hydrogen) atoms. The molecule has 0 amide bonds. The van der Waals surface area contributed by atoms with Crippen molar-refractivity contribution in [1.29, 1.82) is 0 Å². The second-order valence-electron chi connectivity index (χ2n) is 7.01. The van der Waals surface area contributed by atoms with Crippen LogP contribution >= 0.6 is 11.3 Å². The van der Waals surface area contributed by atoms with Crippen molar-refractivity contribution in [2.24, 2.45) is 5.10 Å². The van der Waals surface area contributed by atoms with Crippen LogP contribution in [0.25, 0.3) is 0 Å². The maximum atomic E-state index is 6.43. The second-order valence-corrected chi connectivity index (χ2v) is 7.79. The highest BCUT2D eigenvalue weighted by molar-refractivity contribution is 7.07. The van der Waals surface area contributed by atoms with Gasteiger partial charge in [0, 0.05) is 17.5 Å². The first-order valence-electron chi connectivity index (χ1n) is 9.73. The summed E-state index contributed by atoms with van der Waals surface area (Å²) in [5, 5.41) is 11.3. The van der Waals surface area contributed by atoms with Crippen molar-refractivity contribution in [3.63, 3.8) is 0 Å². The van der Waals surface area contributed by atoms with Crippen molar-refractivity contribution in [3.05, 3.63) is 76.0 Å². The van der Waals surface area contributed by atoms with Crippen LogP contribution in [0.2, 0.25) is 0 Å². The summed E-state index contributed by atoms with van der Waals surface area (Å²) in [4.78, 5) is 0. The fraction of sp³-hybridized carbons (Fsp3) is 0.261. The van der Waals surface area contributed by atoms with Gasteiger partial charge < -0.3 is 14.2 Å². The molecule has 3 aromatic rings. The van der Waals surface area contributed by atoms with Gasteiger partial charge in [0.25, 0.3) is 0 Å². The molecular formula is C23H22N2O3S. The fourth-order valence-electron chi connectivity index (χ4n) is 3.96. The highest BCUT2D eigenvalue weighted by atomic mass is 32.1. The first-order valence-corrected chi connectivity index (χ1v) is 10.7. The number of fused-ring (bicyclic) bond motifs is 3. The minimum absolute atomic E-state index is 0.111. The van der Waals surface area contributed by atoms with Crippen LogP contribution < -0.4 is 14.2 Å². The summed E-state index contributed by atoms with van der Waals surface area (Å²) in [6.45, 7) is 2.65. The topological polar surface area (TPSA) is 43.3 Å². The molecule has 0 radical (unpaired) electrons. The molecule has 148 valence electrons. The van der Waals surface area contributed by atoms with E-state index in [4.69, 9.17) is 19.3 Å². The minimum Gasteiger partial charge on any atom is -0.494 e. The standard InChI is InChI=1S/C23H22N2O3S/c1-3-27-17-9-7-15(8-10-17)19-13-20-18-5-4-6-21(26-2)22(18)28-23(25(20)24-19)16-11-12-29-14-16/h4-12,14,20,23H,3,13H2,1-2H3/t20-,23-/m0/s1. The maximum Gasteiger partial charge on any atom is 0.214 e.